The number of amides is 1. The van der Waals surface area contributed by atoms with E-state index in [-0.39, 0.29) is 11.3 Å². The number of nitrogens with two attached hydrogens (primary N) is 1. The van der Waals surface area contributed by atoms with Gasteiger partial charge < -0.3 is 11.1 Å². The van der Waals surface area contributed by atoms with Crippen molar-refractivity contribution >= 4 is 5.91 Å². The monoisotopic (exact) mass is 281 g/mol. The van der Waals surface area contributed by atoms with Gasteiger partial charge in [0.25, 0.3) is 5.91 Å². The van der Waals surface area contributed by atoms with E-state index in [1.54, 1.807) is 10.9 Å². The molecule has 3 N–H and O–H groups in total. The second kappa shape index (κ2) is 7.99. The van der Waals surface area contributed by atoms with Crippen LogP contribution < -0.4 is 11.1 Å². The van der Waals surface area contributed by atoms with E-state index in [2.05, 4.69) is 36.4 Å². The van der Waals surface area contributed by atoms with Crippen molar-refractivity contribution in [2.45, 2.75) is 53.0 Å². The van der Waals surface area contributed by atoms with E-state index < -0.39 is 0 Å². The lowest BCUT2D eigenvalue weighted by Crippen LogP contribution is -2.34. The maximum absolute atomic E-state index is 12.0. The van der Waals surface area contributed by atoms with E-state index >= 15 is 0 Å². The number of hydrogen-bond acceptors (Lipinski definition) is 4. The number of unbranched alkanes of at least 4 members (excludes halogenated alkanes) is 2. The van der Waals surface area contributed by atoms with Crippen LogP contribution in [-0.2, 0) is 6.54 Å². The Kier molecular flexibility index (Phi) is 6.64. The van der Waals surface area contributed by atoms with Crippen LogP contribution in [0.15, 0.2) is 6.20 Å². The molecule has 0 radical (unpaired) electrons. The molecule has 0 bridgehead atoms. The molecule has 1 aromatic heterocycles. The van der Waals surface area contributed by atoms with E-state index in [1.807, 2.05) is 0 Å². The number of aromatic nitrogens is 3. The van der Waals surface area contributed by atoms with E-state index in [1.165, 1.54) is 19.3 Å². The fraction of sp³-hybridized carbons (Fsp3) is 0.786. The number of carbonyl (C=O) groups excluding carboxylic acids is 1. The average molecular weight is 281 g/mol. The van der Waals surface area contributed by atoms with Gasteiger partial charge in [0, 0.05) is 13.1 Å². The van der Waals surface area contributed by atoms with Crippen molar-refractivity contribution in [3.63, 3.8) is 0 Å². The molecule has 1 aromatic rings. The molecule has 0 aliphatic carbocycles. The van der Waals surface area contributed by atoms with Gasteiger partial charge >= 0.3 is 0 Å². The zero-order valence-electron chi connectivity index (χ0n) is 12.9. The first-order valence-electron chi connectivity index (χ1n) is 7.37. The van der Waals surface area contributed by atoms with Crippen LogP contribution in [0.2, 0.25) is 0 Å². The van der Waals surface area contributed by atoms with Crippen LogP contribution in [0.25, 0.3) is 0 Å². The van der Waals surface area contributed by atoms with Gasteiger partial charge in [0.15, 0.2) is 5.69 Å². The number of nitrogens with one attached hydrogen (secondary N) is 1. The molecule has 6 nitrogen and oxygen atoms in total. The van der Waals surface area contributed by atoms with Crippen molar-refractivity contribution in [3.8, 4) is 0 Å². The Balaban J connectivity index is 2.41. The van der Waals surface area contributed by atoms with Crippen LogP contribution >= 0.6 is 0 Å². The van der Waals surface area contributed by atoms with Gasteiger partial charge in [-0.25, -0.2) is 0 Å². The standard InChI is InChI=1S/C14H27N5O/c1-4-5-6-7-14(2,3)11-16-13(20)12-10-19(9-8-15)18-17-12/h10H,4-9,11,15H2,1-3H3,(H,16,20). The van der Waals surface area contributed by atoms with Gasteiger partial charge in [0.1, 0.15) is 0 Å². The maximum atomic E-state index is 12.0. The molecule has 0 saturated heterocycles. The van der Waals surface area contributed by atoms with Gasteiger partial charge in [0.05, 0.1) is 12.7 Å². The van der Waals surface area contributed by atoms with Crippen LogP contribution in [0.3, 0.4) is 0 Å². The smallest absolute Gasteiger partial charge is 0.273 e. The zero-order chi connectivity index (χ0) is 15.0. The Morgan fingerprint density at radius 1 is 1.45 bits per heavy atom. The van der Waals surface area contributed by atoms with Crippen LogP contribution in [-0.4, -0.2) is 34.0 Å². The van der Waals surface area contributed by atoms with E-state index in [9.17, 15) is 4.79 Å². The lowest BCUT2D eigenvalue weighted by molar-refractivity contribution is 0.0929. The molecule has 1 rings (SSSR count). The van der Waals surface area contributed by atoms with E-state index in [0.717, 1.165) is 6.42 Å². The summed E-state index contributed by atoms with van der Waals surface area (Å²) in [6, 6.07) is 0. The third-order valence-electron chi connectivity index (χ3n) is 3.31. The summed E-state index contributed by atoms with van der Waals surface area (Å²) in [5.74, 6) is -0.170. The summed E-state index contributed by atoms with van der Waals surface area (Å²) < 4.78 is 1.58. The molecule has 0 aromatic carbocycles. The third-order valence-corrected chi connectivity index (χ3v) is 3.31. The molecule has 0 unspecified atom stereocenters. The molecular formula is C14H27N5O. The highest BCUT2D eigenvalue weighted by atomic mass is 16.2. The molecule has 1 heterocycles. The quantitative estimate of drug-likeness (QED) is 0.673. The summed E-state index contributed by atoms with van der Waals surface area (Å²) in [5, 5.41) is 10.6. The molecular weight excluding hydrogens is 254 g/mol. The van der Waals surface area contributed by atoms with Gasteiger partial charge in [-0.1, -0.05) is 45.2 Å². The molecule has 114 valence electrons. The van der Waals surface area contributed by atoms with Crippen LogP contribution in [0, 0.1) is 5.41 Å². The zero-order valence-corrected chi connectivity index (χ0v) is 12.9. The third kappa shape index (κ3) is 5.69. The molecule has 6 heteroatoms. The van der Waals surface area contributed by atoms with Crippen molar-refractivity contribution in [1.82, 2.24) is 20.3 Å². The maximum Gasteiger partial charge on any atom is 0.273 e. The van der Waals surface area contributed by atoms with Crippen LogP contribution in [0.5, 0.6) is 0 Å². The van der Waals surface area contributed by atoms with Crippen molar-refractivity contribution in [2.24, 2.45) is 11.1 Å². The largest absolute Gasteiger partial charge is 0.350 e. The first kappa shape index (κ1) is 16.6. The molecule has 1 amide bonds. The lowest BCUT2D eigenvalue weighted by Gasteiger charge is -2.24. The fourth-order valence-corrected chi connectivity index (χ4v) is 2.00. The predicted octanol–water partition coefficient (Wildman–Crippen LogP) is 1.57. The summed E-state index contributed by atoms with van der Waals surface area (Å²) in [5.41, 5.74) is 5.89. The van der Waals surface area contributed by atoms with E-state index in [4.69, 9.17) is 5.73 Å². The first-order valence-corrected chi connectivity index (χ1v) is 7.37. The summed E-state index contributed by atoms with van der Waals surface area (Å²) >= 11 is 0. The Hall–Kier alpha value is -1.43. The van der Waals surface area contributed by atoms with Gasteiger partial charge in [-0.15, -0.1) is 5.10 Å². The predicted molar refractivity (Wildman–Crippen MR) is 79.3 cm³/mol. The molecule has 0 saturated carbocycles. The second-order valence-electron chi connectivity index (χ2n) is 5.96. The highest BCUT2D eigenvalue weighted by Crippen LogP contribution is 2.22. The molecule has 20 heavy (non-hydrogen) atoms. The highest BCUT2D eigenvalue weighted by molar-refractivity contribution is 5.91. The minimum atomic E-state index is -0.170. The van der Waals surface area contributed by atoms with Gasteiger partial charge in [-0.05, 0) is 11.8 Å². The number of hydrogen-bond donors (Lipinski definition) is 2. The minimum Gasteiger partial charge on any atom is -0.350 e. The number of carbonyl (C=O) groups is 1. The molecule has 0 spiro atoms. The SMILES string of the molecule is CCCCCC(C)(C)CNC(=O)c1cn(CCN)nn1. The average Bonchev–Trinajstić information content (AvgIpc) is 2.85. The van der Waals surface area contributed by atoms with Gasteiger partial charge in [-0.3, -0.25) is 9.48 Å². The molecule has 0 aliphatic rings. The Morgan fingerprint density at radius 3 is 2.85 bits per heavy atom. The fourth-order valence-electron chi connectivity index (χ4n) is 2.00. The number of nitrogens with zero attached hydrogens (tertiary/aromatic N) is 3. The summed E-state index contributed by atoms with van der Waals surface area (Å²) in [4.78, 5) is 12.0. The van der Waals surface area contributed by atoms with Crippen molar-refractivity contribution < 1.29 is 4.79 Å². The van der Waals surface area contributed by atoms with Crippen molar-refractivity contribution in [2.75, 3.05) is 13.1 Å². The van der Waals surface area contributed by atoms with Gasteiger partial charge in [-0.2, -0.15) is 0 Å². The molecule has 0 aliphatic heterocycles. The lowest BCUT2D eigenvalue weighted by atomic mass is 9.87. The minimum absolute atomic E-state index is 0.109. The molecule has 0 atom stereocenters. The van der Waals surface area contributed by atoms with Gasteiger partial charge in [0.2, 0.25) is 0 Å². The summed E-state index contributed by atoms with van der Waals surface area (Å²) in [6.45, 7) is 8.25. The van der Waals surface area contributed by atoms with Crippen molar-refractivity contribution in [1.29, 1.82) is 0 Å². The Bertz CT molecular complexity index is 413. The first-order chi connectivity index (χ1) is 9.48. The molecule has 0 fully saturated rings. The summed E-state index contributed by atoms with van der Waals surface area (Å²) in [7, 11) is 0. The van der Waals surface area contributed by atoms with Crippen LogP contribution in [0.1, 0.15) is 56.9 Å². The number of rotatable bonds is 9. The normalized spacial score (nSPS) is 11.6. The Morgan fingerprint density at radius 2 is 2.20 bits per heavy atom. The second-order valence-corrected chi connectivity index (χ2v) is 5.96. The topological polar surface area (TPSA) is 85.8 Å². The Labute approximate surface area is 121 Å². The summed E-state index contributed by atoms with van der Waals surface area (Å²) in [6.07, 6.45) is 6.40. The highest BCUT2D eigenvalue weighted by Gasteiger charge is 2.19. The van der Waals surface area contributed by atoms with Crippen LogP contribution in [0.4, 0.5) is 0 Å². The van der Waals surface area contributed by atoms with Crippen molar-refractivity contribution in [3.05, 3.63) is 11.9 Å². The van der Waals surface area contributed by atoms with E-state index in [0.29, 0.717) is 25.3 Å².